The summed E-state index contributed by atoms with van der Waals surface area (Å²) >= 11 is 5.63. The predicted octanol–water partition coefficient (Wildman–Crippen LogP) is 2.07. The molecule has 1 atom stereocenters. The van der Waals surface area contributed by atoms with E-state index in [0.717, 1.165) is 44.7 Å². The number of carbonyl (C=O) groups is 1. The molecular weight excluding hydrogens is 399 g/mol. The van der Waals surface area contributed by atoms with Crippen molar-refractivity contribution in [1.29, 1.82) is 0 Å². The van der Waals surface area contributed by atoms with E-state index in [0.29, 0.717) is 5.69 Å². The molecule has 2 aromatic rings. The highest BCUT2D eigenvalue weighted by atomic mass is 35.5. The third kappa shape index (κ3) is 3.39. The lowest BCUT2D eigenvalue weighted by molar-refractivity contribution is -0.151. The Morgan fingerprint density at radius 3 is 2.86 bits per heavy atom. The van der Waals surface area contributed by atoms with Gasteiger partial charge in [-0.3, -0.25) is 14.8 Å². The van der Waals surface area contributed by atoms with Crippen LogP contribution < -0.4 is 15.4 Å². The largest absolute Gasteiger partial charge is 0.484 e. The summed E-state index contributed by atoms with van der Waals surface area (Å²) in [6.45, 7) is 0.721. The fourth-order valence-electron chi connectivity index (χ4n) is 4.90. The Bertz CT molecular complexity index is 937. The second-order valence-electron chi connectivity index (χ2n) is 8.44. The number of aromatic nitrogens is 2. The lowest BCUT2D eigenvalue weighted by Gasteiger charge is -2.71. The molecule has 29 heavy (non-hydrogen) atoms. The monoisotopic (exact) mass is 420 g/mol. The van der Waals surface area contributed by atoms with E-state index in [4.69, 9.17) is 16.3 Å². The van der Waals surface area contributed by atoms with Crippen molar-refractivity contribution in [1.82, 2.24) is 20.4 Å². The molecule has 0 radical (unpaired) electrons. The van der Waals surface area contributed by atoms with Crippen LogP contribution in [-0.4, -0.2) is 38.5 Å². The minimum absolute atomic E-state index is 0.0100. The van der Waals surface area contributed by atoms with Gasteiger partial charge in [-0.1, -0.05) is 11.6 Å². The summed E-state index contributed by atoms with van der Waals surface area (Å²) in [5.74, 6) is -0.578. The first-order chi connectivity index (χ1) is 13.9. The van der Waals surface area contributed by atoms with E-state index >= 15 is 0 Å². The number of amides is 1. The number of hydrogen-bond donors (Lipinski definition) is 3. The minimum Gasteiger partial charge on any atom is -0.484 e. The highest BCUT2D eigenvalue weighted by molar-refractivity contribution is 6.30. The van der Waals surface area contributed by atoms with Crippen molar-refractivity contribution in [3.8, 4) is 5.75 Å². The van der Waals surface area contributed by atoms with Crippen LogP contribution in [0.5, 0.6) is 5.75 Å². The molecule has 2 bridgehead atoms. The third-order valence-corrected chi connectivity index (χ3v) is 6.41. The van der Waals surface area contributed by atoms with Gasteiger partial charge in [-0.25, -0.2) is 4.39 Å². The summed E-state index contributed by atoms with van der Waals surface area (Å²) in [6.07, 6.45) is 3.58. The topological polar surface area (TPSA) is 88.4 Å². The van der Waals surface area contributed by atoms with Gasteiger partial charge in [0.1, 0.15) is 23.5 Å². The number of aliphatic hydroxyl groups excluding tert-OH is 1. The van der Waals surface area contributed by atoms with Gasteiger partial charge < -0.3 is 15.2 Å². The maximum Gasteiger partial charge on any atom is 0.258 e. The number of aliphatic hydroxyl groups is 1. The Balaban J connectivity index is 1.09. The van der Waals surface area contributed by atoms with E-state index in [2.05, 4.69) is 15.7 Å². The first kappa shape index (κ1) is 18.8. The van der Waals surface area contributed by atoms with Gasteiger partial charge in [0.15, 0.2) is 6.61 Å². The van der Waals surface area contributed by atoms with E-state index in [9.17, 15) is 14.3 Å². The number of ether oxygens (including phenoxy) is 1. The quantitative estimate of drug-likeness (QED) is 0.597. The Kier molecular flexibility index (Phi) is 4.34. The first-order valence-corrected chi connectivity index (χ1v) is 10.1. The number of benzene rings is 1. The number of fused-ring (bicyclic) bond motifs is 1. The van der Waals surface area contributed by atoms with Gasteiger partial charge in [-0.15, -0.1) is 0 Å². The molecule has 4 aliphatic rings. The molecule has 3 N–H and O–H groups in total. The van der Waals surface area contributed by atoms with Crippen LogP contribution in [-0.2, 0) is 17.8 Å². The van der Waals surface area contributed by atoms with Gasteiger partial charge in [0.25, 0.3) is 5.91 Å². The molecule has 6 rings (SSSR count). The Morgan fingerprint density at radius 1 is 1.34 bits per heavy atom. The molecule has 7 nitrogen and oxygen atoms in total. The van der Waals surface area contributed by atoms with Crippen molar-refractivity contribution in [3.63, 3.8) is 0 Å². The molecule has 1 amide bonds. The number of rotatable bonds is 7. The number of halogens is 2. The van der Waals surface area contributed by atoms with E-state index in [1.807, 2.05) is 10.7 Å². The summed E-state index contributed by atoms with van der Waals surface area (Å²) in [5, 5.41) is 21.2. The van der Waals surface area contributed by atoms with Crippen LogP contribution in [0.25, 0.3) is 0 Å². The van der Waals surface area contributed by atoms with Crippen LogP contribution in [0, 0.1) is 5.82 Å². The fourth-order valence-corrected chi connectivity index (χ4v) is 5.02. The molecule has 2 heterocycles. The van der Waals surface area contributed by atoms with Crippen molar-refractivity contribution >= 4 is 17.5 Å². The summed E-state index contributed by atoms with van der Waals surface area (Å²) in [4.78, 5) is 12.2. The smallest absolute Gasteiger partial charge is 0.258 e. The van der Waals surface area contributed by atoms with Crippen LogP contribution in [0.2, 0.25) is 5.02 Å². The van der Waals surface area contributed by atoms with Crippen molar-refractivity contribution in [2.24, 2.45) is 0 Å². The molecule has 3 saturated carbocycles. The summed E-state index contributed by atoms with van der Waals surface area (Å²) in [7, 11) is 0. The van der Waals surface area contributed by atoms with Crippen LogP contribution >= 0.6 is 11.6 Å². The van der Waals surface area contributed by atoms with E-state index in [-0.39, 0.29) is 34.4 Å². The predicted molar refractivity (Wildman–Crippen MR) is 103 cm³/mol. The standard InChI is InChI=1S/C20H22ClFN4O3/c21-14-4-3-13(7-15(14)22)29-8-17(27)23-19-9-20(10-19,11-19)24-18(28)16-6-12-2-1-5-26(12)25-16/h3-4,6-7,18,24,28H,1-2,5,8-11H2,(H,23,27). The Morgan fingerprint density at radius 2 is 2.14 bits per heavy atom. The maximum absolute atomic E-state index is 13.4. The molecule has 1 aromatic heterocycles. The van der Waals surface area contributed by atoms with E-state index in [1.54, 1.807) is 0 Å². The average molecular weight is 421 g/mol. The summed E-state index contributed by atoms with van der Waals surface area (Å²) in [5.41, 5.74) is 1.43. The Hall–Kier alpha value is -2.16. The SMILES string of the molecule is O=C(COc1ccc(Cl)c(F)c1)NC12CC(NC(O)c3cc4n(n3)CCC4)(C1)C2. The molecular formula is C20H22ClFN4O3. The zero-order valence-electron chi connectivity index (χ0n) is 15.8. The van der Waals surface area contributed by atoms with Crippen molar-refractivity contribution in [3.05, 3.63) is 46.5 Å². The Labute approximate surface area is 172 Å². The fraction of sp³-hybridized carbons (Fsp3) is 0.500. The lowest BCUT2D eigenvalue weighted by Crippen LogP contribution is -2.83. The number of nitrogens with zero attached hydrogens (tertiary/aromatic N) is 2. The third-order valence-electron chi connectivity index (χ3n) is 6.10. The van der Waals surface area contributed by atoms with Gasteiger partial charge in [-0.05, 0) is 50.3 Å². The number of carbonyl (C=O) groups excluding carboxylic acids is 1. The molecule has 1 unspecified atom stereocenters. The maximum atomic E-state index is 13.4. The lowest BCUT2D eigenvalue weighted by atomic mass is 9.44. The molecule has 9 heteroatoms. The molecule has 3 aliphatic carbocycles. The van der Waals surface area contributed by atoms with Gasteiger partial charge in [0.05, 0.1) is 5.02 Å². The highest BCUT2D eigenvalue weighted by Crippen LogP contribution is 2.60. The van der Waals surface area contributed by atoms with E-state index < -0.39 is 12.0 Å². The van der Waals surface area contributed by atoms with Gasteiger partial charge in [0, 0.05) is 29.4 Å². The van der Waals surface area contributed by atoms with Crippen LogP contribution in [0.4, 0.5) is 4.39 Å². The zero-order chi connectivity index (χ0) is 20.2. The number of aryl methyl sites for hydroxylation is 2. The molecule has 1 aromatic carbocycles. The average Bonchev–Trinajstić information content (AvgIpc) is 3.21. The van der Waals surface area contributed by atoms with Gasteiger partial charge >= 0.3 is 0 Å². The van der Waals surface area contributed by atoms with Crippen LogP contribution in [0.15, 0.2) is 24.3 Å². The normalized spacial score (nSPS) is 27.6. The molecule has 3 fully saturated rings. The van der Waals surface area contributed by atoms with Gasteiger partial charge in [0.2, 0.25) is 0 Å². The number of hydrogen-bond acceptors (Lipinski definition) is 5. The van der Waals surface area contributed by atoms with Crippen LogP contribution in [0.3, 0.4) is 0 Å². The zero-order valence-corrected chi connectivity index (χ0v) is 16.5. The molecule has 0 spiro atoms. The van der Waals surface area contributed by atoms with Crippen molar-refractivity contribution < 1.29 is 19.0 Å². The molecule has 1 aliphatic heterocycles. The first-order valence-electron chi connectivity index (χ1n) is 9.77. The number of nitrogens with one attached hydrogen (secondary N) is 2. The highest BCUT2D eigenvalue weighted by Gasteiger charge is 2.69. The second kappa shape index (κ2) is 6.68. The molecule has 154 valence electrons. The second-order valence-corrected chi connectivity index (χ2v) is 8.85. The molecule has 0 saturated heterocycles. The van der Waals surface area contributed by atoms with Crippen LogP contribution in [0.1, 0.15) is 43.3 Å². The van der Waals surface area contributed by atoms with Crippen molar-refractivity contribution in [2.45, 2.75) is 56.0 Å². The summed E-state index contributed by atoms with van der Waals surface area (Å²) < 4.78 is 20.7. The summed E-state index contributed by atoms with van der Waals surface area (Å²) in [6, 6.07) is 6.03. The van der Waals surface area contributed by atoms with E-state index in [1.165, 1.54) is 17.8 Å². The van der Waals surface area contributed by atoms with Crippen molar-refractivity contribution in [2.75, 3.05) is 6.61 Å². The minimum atomic E-state index is -0.801. The van der Waals surface area contributed by atoms with Gasteiger partial charge in [-0.2, -0.15) is 5.10 Å².